The van der Waals surface area contributed by atoms with Gasteiger partial charge >= 0.3 is 5.97 Å². The first kappa shape index (κ1) is 12.0. The van der Waals surface area contributed by atoms with E-state index in [1.165, 1.54) is 0 Å². The van der Waals surface area contributed by atoms with E-state index in [9.17, 15) is 4.79 Å². The molecule has 1 aromatic carbocycles. The van der Waals surface area contributed by atoms with Crippen LogP contribution in [0, 0.1) is 3.57 Å². The summed E-state index contributed by atoms with van der Waals surface area (Å²) in [5.41, 5.74) is 0.920. The second-order valence-electron chi connectivity index (χ2n) is 2.67. The van der Waals surface area contributed by atoms with Crippen LogP contribution >= 0.6 is 38.5 Å². The lowest BCUT2D eigenvalue weighted by Crippen LogP contribution is -2.10. The molecule has 14 heavy (non-hydrogen) atoms. The minimum atomic E-state index is -0.362. The van der Waals surface area contributed by atoms with E-state index in [4.69, 9.17) is 4.74 Å². The van der Waals surface area contributed by atoms with Gasteiger partial charge in [-0.3, -0.25) is 4.79 Å². The van der Waals surface area contributed by atoms with Gasteiger partial charge in [0.15, 0.2) is 0 Å². The Hall–Kier alpha value is -0.100. The Kier molecular flexibility index (Phi) is 4.88. The highest BCUT2D eigenvalue weighted by atomic mass is 127. The third kappa shape index (κ3) is 3.24. The summed E-state index contributed by atoms with van der Waals surface area (Å²) >= 11 is 5.52. The summed E-state index contributed by atoms with van der Waals surface area (Å²) in [6, 6.07) is 7.75. The fraction of sp³-hybridized carbons (Fsp3) is 0.300. The Bertz CT molecular complexity index is 310. The molecule has 1 atom stereocenters. The Morgan fingerprint density at radius 1 is 1.50 bits per heavy atom. The highest BCUT2D eigenvalue weighted by Crippen LogP contribution is 2.24. The Morgan fingerprint density at radius 2 is 2.07 bits per heavy atom. The number of hydrogen-bond donors (Lipinski definition) is 0. The number of alkyl halides is 1. The first-order chi connectivity index (χ1) is 6.65. The lowest BCUT2D eigenvalue weighted by Gasteiger charge is -2.08. The number of esters is 1. The van der Waals surface area contributed by atoms with E-state index < -0.39 is 0 Å². The van der Waals surface area contributed by atoms with Crippen LogP contribution in [0.2, 0.25) is 0 Å². The van der Waals surface area contributed by atoms with E-state index in [2.05, 4.69) is 38.5 Å². The molecule has 4 heteroatoms. The summed E-state index contributed by atoms with van der Waals surface area (Å²) < 4.78 is 6.05. The number of hydrogen-bond acceptors (Lipinski definition) is 2. The van der Waals surface area contributed by atoms with Crippen LogP contribution in [0.25, 0.3) is 0 Å². The summed E-state index contributed by atoms with van der Waals surface area (Å²) in [5, 5.41) is 0. The first-order valence-corrected chi connectivity index (χ1v) is 6.20. The second kappa shape index (κ2) is 5.70. The zero-order chi connectivity index (χ0) is 10.6. The van der Waals surface area contributed by atoms with Crippen molar-refractivity contribution in [3.63, 3.8) is 0 Å². The predicted molar refractivity (Wildman–Crippen MR) is 67.5 cm³/mol. The summed E-state index contributed by atoms with van der Waals surface area (Å²) in [7, 11) is 0. The van der Waals surface area contributed by atoms with E-state index in [0.717, 1.165) is 9.13 Å². The maximum absolute atomic E-state index is 11.4. The monoisotopic (exact) mass is 368 g/mol. The molecule has 76 valence electrons. The normalized spacial score (nSPS) is 12.2. The first-order valence-electron chi connectivity index (χ1n) is 4.21. The second-order valence-corrected chi connectivity index (χ2v) is 4.83. The van der Waals surface area contributed by atoms with Crippen molar-refractivity contribution in [2.75, 3.05) is 6.61 Å². The molecule has 1 aromatic rings. The van der Waals surface area contributed by atoms with Gasteiger partial charge in [-0.25, -0.2) is 0 Å². The molecular formula is C10H10BrIO2. The molecule has 0 aliphatic heterocycles. The maximum Gasteiger partial charge on any atom is 0.324 e. The summed E-state index contributed by atoms with van der Waals surface area (Å²) in [6.07, 6.45) is 0. The van der Waals surface area contributed by atoms with Gasteiger partial charge in [-0.2, -0.15) is 0 Å². The van der Waals surface area contributed by atoms with Crippen molar-refractivity contribution in [3.8, 4) is 0 Å². The highest BCUT2D eigenvalue weighted by Gasteiger charge is 2.17. The summed E-state index contributed by atoms with van der Waals surface area (Å²) in [4.78, 5) is 11.0. The molecule has 1 unspecified atom stereocenters. The van der Waals surface area contributed by atoms with Gasteiger partial charge in [0.2, 0.25) is 0 Å². The molecule has 0 N–H and O–H groups in total. The quantitative estimate of drug-likeness (QED) is 0.465. The van der Waals surface area contributed by atoms with Crippen LogP contribution < -0.4 is 0 Å². The fourth-order valence-corrected chi connectivity index (χ4v) is 1.78. The third-order valence-corrected chi connectivity index (χ3v) is 3.28. The molecule has 0 aliphatic rings. The SMILES string of the molecule is CCOC(=O)C(Br)c1ccc(I)cc1. The minimum absolute atomic E-state index is 0.242. The molecule has 1 rings (SSSR count). The average molecular weight is 369 g/mol. The number of rotatable bonds is 3. The van der Waals surface area contributed by atoms with Crippen molar-refractivity contribution in [2.24, 2.45) is 0 Å². The van der Waals surface area contributed by atoms with Gasteiger partial charge in [-0.1, -0.05) is 28.1 Å². The van der Waals surface area contributed by atoms with Gasteiger partial charge in [0, 0.05) is 3.57 Å². The Morgan fingerprint density at radius 3 is 2.57 bits per heavy atom. The molecule has 0 saturated heterocycles. The van der Waals surface area contributed by atoms with E-state index in [1.807, 2.05) is 24.3 Å². The van der Waals surface area contributed by atoms with Crippen LogP contribution in [-0.2, 0) is 9.53 Å². The summed E-state index contributed by atoms with van der Waals surface area (Å²) in [5.74, 6) is -0.242. The van der Waals surface area contributed by atoms with Crippen LogP contribution in [0.15, 0.2) is 24.3 Å². The van der Waals surface area contributed by atoms with Crippen molar-refractivity contribution >= 4 is 44.5 Å². The highest BCUT2D eigenvalue weighted by molar-refractivity contribution is 14.1. The molecule has 0 heterocycles. The van der Waals surface area contributed by atoms with Gasteiger partial charge in [0.05, 0.1) is 6.61 Å². The van der Waals surface area contributed by atoms with Crippen LogP contribution in [-0.4, -0.2) is 12.6 Å². The van der Waals surface area contributed by atoms with Gasteiger partial charge in [0.25, 0.3) is 0 Å². The number of ether oxygens (including phenoxy) is 1. The van der Waals surface area contributed by atoms with Crippen molar-refractivity contribution in [1.82, 2.24) is 0 Å². The maximum atomic E-state index is 11.4. The Labute approximate surface area is 105 Å². The Balaban J connectivity index is 2.73. The number of carbonyl (C=O) groups excluding carboxylic acids is 1. The van der Waals surface area contributed by atoms with Crippen LogP contribution in [0.4, 0.5) is 0 Å². The van der Waals surface area contributed by atoms with Crippen LogP contribution in [0.5, 0.6) is 0 Å². The lowest BCUT2D eigenvalue weighted by atomic mass is 10.1. The third-order valence-electron chi connectivity index (χ3n) is 1.66. The van der Waals surface area contributed by atoms with Gasteiger partial charge in [-0.05, 0) is 47.2 Å². The van der Waals surface area contributed by atoms with Crippen LogP contribution in [0.3, 0.4) is 0 Å². The smallest absolute Gasteiger partial charge is 0.324 e. The van der Waals surface area contributed by atoms with E-state index in [0.29, 0.717) is 6.61 Å². The lowest BCUT2D eigenvalue weighted by molar-refractivity contribution is -0.142. The van der Waals surface area contributed by atoms with Gasteiger partial charge < -0.3 is 4.74 Å². The summed E-state index contributed by atoms with van der Waals surface area (Å²) in [6.45, 7) is 2.21. The fourth-order valence-electron chi connectivity index (χ4n) is 0.983. The zero-order valence-electron chi connectivity index (χ0n) is 7.67. The zero-order valence-corrected chi connectivity index (χ0v) is 11.4. The molecule has 0 aliphatic carbocycles. The minimum Gasteiger partial charge on any atom is -0.465 e. The molecular weight excluding hydrogens is 359 g/mol. The molecule has 0 amide bonds. The molecule has 0 saturated carbocycles. The molecule has 0 spiro atoms. The topological polar surface area (TPSA) is 26.3 Å². The van der Waals surface area contributed by atoms with Crippen molar-refractivity contribution < 1.29 is 9.53 Å². The van der Waals surface area contributed by atoms with Crippen molar-refractivity contribution in [1.29, 1.82) is 0 Å². The number of halogens is 2. The largest absolute Gasteiger partial charge is 0.465 e. The average Bonchev–Trinajstić information content (AvgIpc) is 2.18. The standard InChI is InChI=1S/C10H10BrIO2/c1-2-14-10(13)9(11)7-3-5-8(12)6-4-7/h3-6,9H,2H2,1H3. The predicted octanol–water partition coefficient (Wildman–Crippen LogP) is 3.29. The van der Waals surface area contributed by atoms with E-state index in [-0.39, 0.29) is 10.8 Å². The van der Waals surface area contributed by atoms with Crippen molar-refractivity contribution in [3.05, 3.63) is 33.4 Å². The van der Waals surface area contributed by atoms with Gasteiger partial charge in [-0.15, -0.1) is 0 Å². The number of benzene rings is 1. The van der Waals surface area contributed by atoms with E-state index in [1.54, 1.807) is 6.92 Å². The molecule has 0 fully saturated rings. The van der Waals surface area contributed by atoms with Crippen LogP contribution in [0.1, 0.15) is 17.3 Å². The van der Waals surface area contributed by atoms with Crippen molar-refractivity contribution in [2.45, 2.75) is 11.8 Å². The molecule has 0 radical (unpaired) electrons. The molecule has 0 aromatic heterocycles. The molecule has 0 bridgehead atoms. The molecule has 2 nitrogen and oxygen atoms in total. The van der Waals surface area contributed by atoms with E-state index >= 15 is 0 Å². The van der Waals surface area contributed by atoms with Gasteiger partial charge in [0.1, 0.15) is 4.83 Å². The number of carbonyl (C=O) groups is 1.